The average molecular weight is 745 g/mol. The van der Waals surface area contributed by atoms with Crippen molar-refractivity contribution in [2.45, 2.75) is 39.7 Å². The molecule has 12 nitrogen and oxygen atoms in total. The van der Waals surface area contributed by atoms with Gasteiger partial charge in [-0.2, -0.15) is 0 Å². The fourth-order valence-electron chi connectivity index (χ4n) is 7.49. The molecule has 0 saturated carbocycles. The van der Waals surface area contributed by atoms with Gasteiger partial charge in [-0.1, -0.05) is 56.3 Å². The molecule has 1 aliphatic rings. The molecule has 12 heteroatoms. The van der Waals surface area contributed by atoms with Gasteiger partial charge in [0.1, 0.15) is 11.5 Å². The van der Waals surface area contributed by atoms with Gasteiger partial charge in [0.2, 0.25) is 5.91 Å². The van der Waals surface area contributed by atoms with Crippen molar-refractivity contribution in [2.75, 3.05) is 11.4 Å². The third-order valence-corrected chi connectivity index (χ3v) is 10.6. The molecule has 0 atom stereocenters. The fourth-order valence-corrected chi connectivity index (χ4v) is 7.49. The van der Waals surface area contributed by atoms with Crippen molar-refractivity contribution in [1.82, 2.24) is 34.7 Å². The molecule has 1 aliphatic heterocycles. The van der Waals surface area contributed by atoms with E-state index in [2.05, 4.69) is 58.7 Å². The van der Waals surface area contributed by atoms with E-state index in [0.29, 0.717) is 18.1 Å². The van der Waals surface area contributed by atoms with Crippen LogP contribution in [-0.4, -0.2) is 48.5 Å². The van der Waals surface area contributed by atoms with Gasteiger partial charge in [0.15, 0.2) is 0 Å². The number of benzene rings is 3. The SMILES string of the molecule is Cc1c(-c2ccc(CNC(=O)c3ccc(-c4cc5cccc(-c6cc(C(C)C)c7c(c6)n(C)c(=O)n7C)c5cn4)cn3)cc2)ccnc1N1CCC(=O)NC1=O. The number of amides is 4. The van der Waals surface area contributed by atoms with Crippen molar-refractivity contribution < 1.29 is 14.4 Å². The molecule has 280 valence electrons. The van der Waals surface area contributed by atoms with Crippen LogP contribution in [0.5, 0.6) is 0 Å². The van der Waals surface area contributed by atoms with Gasteiger partial charge in [-0.3, -0.25) is 38.9 Å². The van der Waals surface area contributed by atoms with Gasteiger partial charge in [0.25, 0.3) is 5.91 Å². The monoisotopic (exact) mass is 744 g/mol. The lowest BCUT2D eigenvalue weighted by Crippen LogP contribution is -2.50. The van der Waals surface area contributed by atoms with Crippen molar-refractivity contribution in [1.29, 1.82) is 0 Å². The lowest BCUT2D eigenvalue weighted by Gasteiger charge is -2.27. The molecule has 3 aromatic carbocycles. The van der Waals surface area contributed by atoms with Gasteiger partial charge >= 0.3 is 11.7 Å². The summed E-state index contributed by atoms with van der Waals surface area (Å²) in [6, 6.07) is 25.3. The molecule has 5 heterocycles. The Morgan fingerprint density at radius 3 is 2.36 bits per heavy atom. The highest BCUT2D eigenvalue weighted by molar-refractivity contribution is 6.06. The molecule has 1 fully saturated rings. The maximum Gasteiger partial charge on any atom is 0.329 e. The van der Waals surface area contributed by atoms with Crippen LogP contribution >= 0.6 is 0 Å². The number of carbonyl (C=O) groups excluding carboxylic acids is 3. The number of imide groups is 1. The van der Waals surface area contributed by atoms with Crippen molar-refractivity contribution in [3.63, 3.8) is 0 Å². The van der Waals surface area contributed by atoms with Crippen LogP contribution in [0.1, 0.15) is 53.4 Å². The Morgan fingerprint density at radius 2 is 1.62 bits per heavy atom. The van der Waals surface area contributed by atoms with Gasteiger partial charge < -0.3 is 5.32 Å². The normalized spacial score (nSPS) is 13.1. The van der Waals surface area contributed by atoms with Gasteiger partial charge in [-0.05, 0) is 93.6 Å². The zero-order chi connectivity index (χ0) is 39.2. The minimum Gasteiger partial charge on any atom is -0.347 e. The molecule has 2 N–H and O–H groups in total. The van der Waals surface area contributed by atoms with E-state index >= 15 is 0 Å². The minimum absolute atomic E-state index is 0.0490. The van der Waals surface area contributed by atoms with E-state index in [9.17, 15) is 19.2 Å². The lowest BCUT2D eigenvalue weighted by atomic mass is 9.93. The molecule has 4 amide bonds. The Bertz CT molecular complexity index is 2770. The number of fused-ring (bicyclic) bond motifs is 2. The molecule has 0 radical (unpaired) electrons. The van der Waals surface area contributed by atoms with Crippen LogP contribution in [-0.2, 0) is 25.4 Å². The number of rotatable bonds is 8. The first-order valence-electron chi connectivity index (χ1n) is 18.5. The van der Waals surface area contributed by atoms with Crippen LogP contribution in [0.2, 0.25) is 0 Å². The average Bonchev–Trinajstić information content (AvgIpc) is 3.43. The highest BCUT2D eigenvalue weighted by Crippen LogP contribution is 2.36. The van der Waals surface area contributed by atoms with Crippen molar-refractivity contribution in [3.05, 3.63) is 130 Å². The fraction of sp³-hybridized carbons (Fsp3) is 0.205. The lowest BCUT2D eigenvalue weighted by molar-refractivity contribution is -0.120. The highest BCUT2D eigenvalue weighted by Gasteiger charge is 2.27. The van der Waals surface area contributed by atoms with Gasteiger partial charge in [-0.25, -0.2) is 14.6 Å². The van der Waals surface area contributed by atoms with E-state index in [1.165, 1.54) is 4.90 Å². The van der Waals surface area contributed by atoms with E-state index in [1.807, 2.05) is 75.7 Å². The standard InChI is InChI=1S/C44H40N8O4/c1-25(2)34-19-31(21-38-40(34)51(5)44(56)50(38)4)33-8-6-7-29-20-37(47-24-35(29)33)30-13-14-36(46-23-30)42(54)48-22-27-9-11-28(12-10-27)32-15-17-45-41(26(32)3)52-18-16-39(53)49-43(52)55/h6-15,17,19-21,23-25H,16,18,22H2,1-5H3,(H,48,54)(H,49,53,55). The van der Waals surface area contributed by atoms with Gasteiger partial charge in [0, 0.05) is 63.1 Å². The maximum absolute atomic E-state index is 13.1. The Morgan fingerprint density at radius 1 is 0.839 bits per heavy atom. The zero-order valence-electron chi connectivity index (χ0n) is 31.8. The second-order valence-electron chi connectivity index (χ2n) is 14.5. The van der Waals surface area contributed by atoms with Gasteiger partial charge in [0.05, 0.1) is 16.7 Å². The Hall–Kier alpha value is -6.95. The summed E-state index contributed by atoms with van der Waals surface area (Å²) in [7, 11) is 3.63. The highest BCUT2D eigenvalue weighted by atomic mass is 16.2. The Balaban J connectivity index is 0.959. The topological polar surface area (TPSA) is 144 Å². The Kier molecular flexibility index (Phi) is 9.25. The quantitative estimate of drug-likeness (QED) is 0.170. The molecule has 0 unspecified atom stereocenters. The first kappa shape index (κ1) is 36.0. The number of aromatic nitrogens is 5. The van der Waals surface area contributed by atoms with E-state index in [0.717, 1.165) is 72.0 Å². The number of urea groups is 1. The summed E-state index contributed by atoms with van der Waals surface area (Å²) in [6.45, 7) is 6.78. The number of hydrogen-bond acceptors (Lipinski definition) is 7. The minimum atomic E-state index is -0.474. The maximum atomic E-state index is 13.1. The van der Waals surface area contributed by atoms with E-state index in [-0.39, 0.29) is 36.4 Å². The summed E-state index contributed by atoms with van der Waals surface area (Å²) in [6.07, 6.45) is 5.42. The predicted octanol–water partition coefficient (Wildman–Crippen LogP) is 7.02. The van der Waals surface area contributed by atoms with E-state index in [1.54, 1.807) is 27.6 Å². The summed E-state index contributed by atoms with van der Waals surface area (Å²) in [4.78, 5) is 65.1. The van der Waals surface area contributed by atoms with Crippen LogP contribution in [0.4, 0.5) is 10.6 Å². The number of carbonyl (C=O) groups is 3. The van der Waals surface area contributed by atoms with Crippen LogP contribution in [0.3, 0.4) is 0 Å². The van der Waals surface area contributed by atoms with Crippen LogP contribution in [0, 0.1) is 6.92 Å². The van der Waals surface area contributed by atoms with Crippen molar-refractivity contribution in [3.8, 4) is 33.5 Å². The summed E-state index contributed by atoms with van der Waals surface area (Å²) in [5.74, 6) is 0.152. The van der Waals surface area contributed by atoms with Crippen LogP contribution < -0.4 is 21.2 Å². The molecule has 0 bridgehead atoms. The third kappa shape index (κ3) is 6.48. The number of nitrogens with zero attached hydrogens (tertiary/aromatic N) is 6. The number of hydrogen-bond donors (Lipinski definition) is 2. The summed E-state index contributed by atoms with van der Waals surface area (Å²) in [5, 5.41) is 7.31. The van der Waals surface area contributed by atoms with Crippen LogP contribution in [0.15, 0.2) is 102 Å². The second-order valence-corrected chi connectivity index (χ2v) is 14.5. The molecule has 0 spiro atoms. The first-order chi connectivity index (χ1) is 27.0. The number of pyridine rings is 3. The van der Waals surface area contributed by atoms with Crippen molar-refractivity contribution in [2.24, 2.45) is 14.1 Å². The number of nitrogens with one attached hydrogen (secondary N) is 2. The molecule has 7 aromatic rings. The number of imidazole rings is 1. The smallest absolute Gasteiger partial charge is 0.329 e. The number of aryl methyl sites for hydroxylation is 2. The Labute approximate surface area is 322 Å². The molecule has 0 aliphatic carbocycles. The summed E-state index contributed by atoms with van der Waals surface area (Å²) in [5.41, 5.74) is 10.4. The third-order valence-electron chi connectivity index (χ3n) is 10.6. The molecular formula is C44H40N8O4. The number of anilines is 1. The van der Waals surface area contributed by atoms with E-state index in [4.69, 9.17) is 4.98 Å². The molecule has 4 aromatic heterocycles. The zero-order valence-corrected chi connectivity index (χ0v) is 31.8. The molecule has 8 rings (SSSR count). The van der Waals surface area contributed by atoms with Gasteiger partial charge in [-0.15, -0.1) is 0 Å². The largest absolute Gasteiger partial charge is 0.347 e. The second kappa shape index (κ2) is 14.4. The van der Waals surface area contributed by atoms with Crippen LogP contribution in [0.25, 0.3) is 55.3 Å². The first-order valence-corrected chi connectivity index (χ1v) is 18.5. The predicted molar refractivity (Wildman–Crippen MR) is 217 cm³/mol. The van der Waals surface area contributed by atoms with E-state index < -0.39 is 6.03 Å². The molecule has 56 heavy (non-hydrogen) atoms. The summed E-state index contributed by atoms with van der Waals surface area (Å²) < 4.78 is 3.43. The summed E-state index contributed by atoms with van der Waals surface area (Å²) >= 11 is 0. The van der Waals surface area contributed by atoms with Crippen molar-refractivity contribution >= 4 is 45.5 Å². The molecular weight excluding hydrogens is 705 g/mol. The molecule has 1 saturated heterocycles.